The Balaban J connectivity index is 1.85. The lowest BCUT2D eigenvalue weighted by Gasteiger charge is -2.43. The van der Waals surface area contributed by atoms with Crippen molar-refractivity contribution in [1.82, 2.24) is 4.90 Å². The second kappa shape index (κ2) is 6.20. The van der Waals surface area contributed by atoms with Crippen molar-refractivity contribution in [3.63, 3.8) is 0 Å². The van der Waals surface area contributed by atoms with Crippen LogP contribution in [0.3, 0.4) is 0 Å². The largest absolute Gasteiger partial charge is 0.508 e. The van der Waals surface area contributed by atoms with Crippen LogP contribution in [0.15, 0.2) is 69.6 Å². The van der Waals surface area contributed by atoms with Crippen molar-refractivity contribution >= 4 is 0 Å². The zero-order valence-electron chi connectivity index (χ0n) is 15.2. The average Bonchev–Trinajstić information content (AvgIpc) is 2.66. The van der Waals surface area contributed by atoms with E-state index in [1.165, 1.54) is 0 Å². The molecule has 6 nitrogen and oxygen atoms in total. The van der Waals surface area contributed by atoms with E-state index in [2.05, 4.69) is 17.1 Å². The highest BCUT2D eigenvalue weighted by atomic mass is 16.5. The molecule has 2 heterocycles. The first kappa shape index (κ1) is 16.7. The van der Waals surface area contributed by atoms with Crippen molar-refractivity contribution in [2.45, 2.75) is 19.3 Å². The maximum absolute atomic E-state index is 10.00. The maximum atomic E-state index is 10.00. The third-order valence-corrected chi connectivity index (χ3v) is 5.43. The van der Waals surface area contributed by atoms with E-state index in [1.54, 1.807) is 27.4 Å². The number of rotatable bonds is 3. The van der Waals surface area contributed by atoms with Gasteiger partial charge in [-0.3, -0.25) is 0 Å². The Morgan fingerprint density at radius 2 is 1.81 bits per heavy atom. The van der Waals surface area contributed by atoms with Crippen LogP contribution in [0.25, 0.3) is 0 Å². The Morgan fingerprint density at radius 1 is 1.04 bits per heavy atom. The monoisotopic (exact) mass is 357 g/mol. The van der Waals surface area contributed by atoms with Crippen LogP contribution in [0.2, 0.25) is 0 Å². The molecule has 2 aliphatic carbocycles. The quantitative estimate of drug-likeness (QED) is 0.805. The molecule has 138 valence electrons. The number of methoxy groups -OCH3 is 3. The van der Waals surface area contributed by atoms with Gasteiger partial charge in [-0.1, -0.05) is 12.2 Å². The number of aliphatic hydroxyl groups is 2. The lowest BCUT2D eigenvalue weighted by Crippen LogP contribution is -2.37. The predicted molar refractivity (Wildman–Crippen MR) is 95.7 cm³/mol. The van der Waals surface area contributed by atoms with Crippen LogP contribution in [-0.2, 0) is 14.2 Å². The summed E-state index contributed by atoms with van der Waals surface area (Å²) in [6.07, 6.45) is 7.94. The summed E-state index contributed by atoms with van der Waals surface area (Å²) >= 11 is 0. The van der Waals surface area contributed by atoms with Gasteiger partial charge >= 0.3 is 0 Å². The summed E-state index contributed by atoms with van der Waals surface area (Å²) < 4.78 is 16.8. The van der Waals surface area contributed by atoms with E-state index in [1.807, 2.05) is 0 Å². The van der Waals surface area contributed by atoms with Gasteiger partial charge in [0.2, 0.25) is 0 Å². The summed E-state index contributed by atoms with van der Waals surface area (Å²) in [5.41, 5.74) is 4.24. The molecule has 4 rings (SSSR count). The molecular formula is C20H23NO5. The van der Waals surface area contributed by atoms with Crippen molar-refractivity contribution in [2.75, 3.05) is 27.9 Å². The third kappa shape index (κ3) is 2.32. The van der Waals surface area contributed by atoms with E-state index in [4.69, 9.17) is 14.2 Å². The molecule has 6 heteroatoms. The summed E-state index contributed by atoms with van der Waals surface area (Å²) in [5, 5.41) is 19.9. The number of fused-ring (bicyclic) bond motifs is 5. The van der Waals surface area contributed by atoms with Gasteiger partial charge in [-0.05, 0) is 12.0 Å². The van der Waals surface area contributed by atoms with E-state index >= 15 is 0 Å². The van der Waals surface area contributed by atoms with Crippen molar-refractivity contribution in [1.29, 1.82) is 0 Å². The summed E-state index contributed by atoms with van der Waals surface area (Å²) in [7, 11) is 4.89. The van der Waals surface area contributed by atoms with Crippen molar-refractivity contribution in [2.24, 2.45) is 5.92 Å². The lowest BCUT2D eigenvalue weighted by atomic mass is 9.81. The molecule has 2 N–H and O–H groups in total. The molecule has 0 unspecified atom stereocenters. The lowest BCUT2D eigenvalue weighted by molar-refractivity contribution is 0.174. The Bertz CT molecular complexity index is 840. The summed E-state index contributed by atoms with van der Waals surface area (Å²) in [6.45, 7) is 0.706. The number of aliphatic hydroxyl groups excluding tert-OH is 2. The highest BCUT2D eigenvalue weighted by Crippen LogP contribution is 2.47. The highest BCUT2D eigenvalue weighted by molar-refractivity contribution is 5.60. The molecule has 0 radical (unpaired) electrons. The fraction of sp³-hybridized carbons (Fsp3) is 0.400. The number of hydrogen-bond donors (Lipinski definition) is 2. The third-order valence-electron chi connectivity index (χ3n) is 5.43. The van der Waals surface area contributed by atoms with Crippen LogP contribution in [-0.4, -0.2) is 43.0 Å². The zero-order chi connectivity index (χ0) is 18.4. The summed E-state index contributed by atoms with van der Waals surface area (Å²) in [4.78, 5) is 2.18. The predicted octanol–water partition coefficient (Wildman–Crippen LogP) is 3.56. The van der Waals surface area contributed by atoms with E-state index in [9.17, 15) is 10.2 Å². The van der Waals surface area contributed by atoms with E-state index in [0.29, 0.717) is 30.9 Å². The Labute approximate surface area is 152 Å². The second-order valence-electron chi connectivity index (χ2n) is 6.71. The summed E-state index contributed by atoms with van der Waals surface area (Å²) in [6, 6.07) is 0. The normalized spacial score (nSPS) is 25.0. The molecule has 0 amide bonds. The molecular weight excluding hydrogens is 334 g/mol. The minimum absolute atomic E-state index is 0.0454. The Morgan fingerprint density at radius 3 is 2.50 bits per heavy atom. The van der Waals surface area contributed by atoms with Gasteiger partial charge in [-0.2, -0.15) is 0 Å². The van der Waals surface area contributed by atoms with Gasteiger partial charge in [0, 0.05) is 48.3 Å². The van der Waals surface area contributed by atoms with E-state index < -0.39 is 0 Å². The van der Waals surface area contributed by atoms with Gasteiger partial charge < -0.3 is 29.3 Å². The number of hydrogen-bond acceptors (Lipinski definition) is 6. The van der Waals surface area contributed by atoms with Gasteiger partial charge in [0.25, 0.3) is 0 Å². The van der Waals surface area contributed by atoms with Gasteiger partial charge in [0.15, 0.2) is 17.3 Å². The standard InChI is InChI=1S/C20H23NO5/c1-24-17-9-12-6-7-21-13(18(12)20(26-3)19(17)25-2)5-4-11-8-15(22)16(23)10-14(11)21/h5-6,10-11,22-23H,4,7-9H2,1-3H3/t11-/m0/s1. The molecule has 0 saturated carbocycles. The number of nitrogens with zero attached hydrogens (tertiary/aromatic N) is 1. The van der Waals surface area contributed by atoms with Gasteiger partial charge in [-0.25, -0.2) is 0 Å². The molecule has 0 fully saturated rings. The molecule has 0 spiro atoms. The first-order chi connectivity index (χ1) is 12.6. The minimum atomic E-state index is -0.0454. The second-order valence-corrected chi connectivity index (χ2v) is 6.71. The SMILES string of the molecule is COC1=C(OC)C(OC)=C2C(=CCN3C2=CC[C@H]2CC(O)=C(O)C=C23)C1. The fourth-order valence-electron chi connectivity index (χ4n) is 4.18. The topological polar surface area (TPSA) is 71.4 Å². The molecule has 4 aliphatic rings. The van der Waals surface area contributed by atoms with Crippen LogP contribution in [0.5, 0.6) is 0 Å². The first-order valence-corrected chi connectivity index (χ1v) is 8.68. The van der Waals surface area contributed by atoms with Gasteiger partial charge in [0.05, 0.1) is 21.3 Å². The van der Waals surface area contributed by atoms with Crippen LogP contribution in [0, 0.1) is 5.92 Å². The number of allylic oxidation sites excluding steroid dienone is 6. The Hall–Kier alpha value is -2.76. The van der Waals surface area contributed by atoms with Crippen molar-refractivity contribution in [3.8, 4) is 0 Å². The van der Waals surface area contributed by atoms with Crippen LogP contribution >= 0.6 is 0 Å². The van der Waals surface area contributed by atoms with Crippen molar-refractivity contribution in [3.05, 3.63) is 69.6 Å². The molecule has 0 aromatic carbocycles. The van der Waals surface area contributed by atoms with Crippen molar-refractivity contribution < 1.29 is 24.4 Å². The zero-order valence-corrected chi connectivity index (χ0v) is 15.2. The first-order valence-electron chi connectivity index (χ1n) is 8.68. The fourth-order valence-corrected chi connectivity index (χ4v) is 4.18. The van der Waals surface area contributed by atoms with Crippen LogP contribution in [0.4, 0.5) is 0 Å². The minimum Gasteiger partial charge on any atom is -0.508 e. The van der Waals surface area contributed by atoms with Crippen LogP contribution < -0.4 is 0 Å². The average molecular weight is 357 g/mol. The molecule has 0 bridgehead atoms. The highest BCUT2D eigenvalue weighted by Gasteiger charge is 2.39. The molecule has 26 heavy (non-hydrogen) atoms. The molecule has 2 aliphatic heterocycles. The molecule has 0 aromatic heterocycles. The molecule has 0 saturated heterocycles. The van der Waals surface area contributed by atoms with E-state index in [0.717, 1.165) is 34.7 Å². The smallest absolute Gasteiger partial charge is 0.199 e. The van der Waals surface area contributed by atoms with E-state index in [-0.39, 0.29) is 17.4 Å². The summed E-state index contributed by atoms with van der Waals surface area (Å²) in [5.74, 6) is 2.22. The van der Waals surface area contributed by atoms with Gasteiger partial charge in [0.1, 0.15) is 11.5 Å². The number of ether oxygens (including phenoxy) is 3. The maximum Gasteiger partial charge on any atom is 0.199 e. The van der Waals surface area contributed by atoms with Gasteiger partial charge in [-0.15, -0.1) is 0 Å². The molecule has 0 aromatic rings. The van der Waals surface area contributed by atoms with Crippen LogP contribution in [0.1, 0.15) is 19.3 Å². The molecule has 1 atom stereocenters. The Kier molecular flexibility index (Phi) is 3.98.